The number of aryl methyl sites for hydroxylation is 4. The van der Waals surface area contributed by atoms with Gasteiger partial charge in [0.15, 0.2) is 0 Å². The minimum Gasteiger partial charge on any atom is -0.396 e. The van der Waals surface area contributed by atoms with Crippen LogP contribution in [0.3, 0.4) is 0 Å². The molecule has 0 aromatic heterocycles. The molecule has 1 unspecified atom stereocenters. The molecule has 2 N–H and O–H groups in total. The lowest BCUT2D eigenvalue weighted by atomic mass is 9.83. The molecule has 3 atom stereocenters. The topological polar surface area (TPSA) is 81.3 Å². The molecular weight excluding hydrogens is 386 g/mol. The average Bonchev–Trinajstić information content (AvgIpc) is 3.01. The van der Waals surface area contributed by atoms with Crippen molar-refractivity contribution in [2.75, 3.05) is 6.61 Å². The zero-order valence-electron chi connectivity index (χ0n) is 18.8. The van der Waals surface area contributed by atoms with Crippen molar-refractivity contribution in [3.63, 3.8) is 0 Å². The summed E-state index contributed by atoms with van der Waals surface area (Å²) in [6, 6.07) is 12.4. The Hall–Kier alpha value is -2.48. The lowest BCUT2D eigenvalue weighted by Gasteiger charge is -2.22. The molecule has 1 aliphatic carbocycles. The van der Waals surface area contributed by atoms with Gasteiger partial charge in [-0.15, -0.1) is 0 Å². The van der Waals surface area contributed by atoms with Crippen molar-refractivity contribution in [3.8, 4) is 6.07 Å². The van der Waals surface area contributed by atoms with Crippen molar-refractivity contribution in [2.45, 2.75) is 65.4 Å². The number of aliphatic hydroxyl groups is 2. The van der Waals surface area contributed by atoms with E-state index in [-0.39, 0.29) is 30.6 Å². The van der Waals surface area contributed by atoms with Crippen LogP contribution in [0.25, 0.3) is 0 Å². The van der Waals surface area contributed by atoms with Crippen molar-refractivity contribution < 1.29 is 15.0 Å². The Labute approximate surface area is 185 Å². The molecular formula is C27H33NO3. The summed E-state index contributed by atoms with van der Waals surface area (Å²) in [4.78, 5) is 12.7. The molecule has 1 saturated carbocycles. The number of aliphatic hydroxyl groups excluding tert-OH is 2. The maximum absolute atomic E-state index is 12.7. The van der Waals surface area contributed by atoms with Crippen molar-refractivity contribution in [1.29, 1.82) is 5.26 Å². The molecule has 31 heavy (non-hydrogen) atoms. The summed E-state index contributed by atoms with van der Waals surface area (Å²) in [5.74, 6) is -0.0679. The molecule has 3 rings (SSSR count). The lowest BCUT2D eigenvalue weighted by Crippen LogP contribution is -2.23. The van der Waals surface area contributed by atoms with Gasteiger partial charge in [0.2, 0.25) is 0 Å². The third-order valence-electron chi connectivity index (χ3n) is 6.84. The predicted octanol–water partition coefficient (Wildman–Crippen LogP) is 4.01. The first kappa shape index (κ1) is 23.2. The zero-order valence-corrected chi connectivity index (χ0v) is 18.8. The van der Waals surface area contributed by atoms with Crippen LogP contribution >= 0.6 is 0 Å². The van der Waals surface area contributed by atoms with Crippen LogP contribution in [0.4, 0.5) is 0 Å². The zero-order chi connectivity index (χ0) is 22.5. The number of nitriles is 1. The van der Waals surface area contributed by atoms with Gasteiger partial charge in [-0.2, -0.15) is 5.26 Å². The van der Waals surface area contributed by atoms with Gasteiger partial charge in [-0.3, -0.25) is 4.79 Å². The van der Waals surface area contributed by atoms with Crippen molar-refractivity contribution >= 4 is 5.78 Å². The fourth-order valence-corrected chi connectivity index (χ4v) is 5.17. The van der Waals surface area contributed by atoms with Crippen LogP contribution in [0.15, 0.2) is 30.3 Å². The van der Waals surface area contributed by atoms with Crippen molar-refractivity contribution in [2.24, 2.45) is 11.8 Å². The molecule has 0 spiro atoms. The van der Waals surface area contributed by atoms with E-state index in [4.69, 9.17) is 0 Å². The van der Waals surface area contributed by atoms with Gasteiger partial charge in [0.1, 0.15) is 5.78 Å². The number of carbonyl (C=O) groups is 1. The maximum Gasteiger partial charge on any atom is 0.138 e. The highest BCUT2D eigenvalue weighted by molar-refractivity contribution is 5.84. The maximum atomic E-state index is 12.7. The molecule has 164 valence electrons. The van der Waals surface area contributed by atoms with Gasteiger partial charge in [-0.05, 0) is 91.3 Å². The fourth-order valence-electron chi connectivity index (χ4n) is 5.17. The van der Waals surface area contributed by atoms with E-state index in [1.807, 2.05) is 19.1 Å². The number of rotatable bonds is 8. The normalized spacial score (nSPS) is 20.8. The number of hydrogen-bond acceptors (Lipinski definition) is 4. The molecule has 0 saturated heterocycles. The van der Waals surface area contributed by atoms with Crippen molar-refractivity contribution in [1.82, 2.24) is 0 Å². The van der Waals surface area contributed by atoms with Gasteiger partial charge in [0, 0.05) is 18.9 Å². The van der Waals surface area contributed by atoms with E-state index >= 15 is 0 Å². The first-order valence-corrected chi connectivity index (χ1v) is 11.3. The molecule has 0 bridgehead atoms. The highest BCUT2D eigenvalue weighted by Gasteiger charge is 2.40. The summed E-state index contributed by atoms with van der Waals surface area (Å²) in [5.41, 5.74) is 7.57. The Bertz CT molecular complexity index is 965. The molecule has 0 heterocycles. The molecule has 2 aromatic rings. The van der Waals surface area contributed by atoms with Crippen LogP contribution in [-0.2, 0) is 30.5 Å². The Kier molecular flexibility index (Phi) is 7.64. The highest BCUT2D eigenvalue weighted by atomic mass is 16.3. The largest absolute Gasteiger partial charge is 0.396 e. The smallest absolute Gasteiger partial charge is 0.138 e. The molecule has 1 fully saturated rings. The summed E-state index contributed by atoms with van der Waals surface area (Å²) in [6.45, 7) is 6.33. The van der Waals surface area contributed by atoms with Crippen molar-refractivity contribution in [3.05, 3.63) is 69.3 Å². The van der Waals surface area contributed by atoms with Crippen LogP contribution in [0.2, 0.25) is 0 Å². The molecule has 1 aliphatic rings. The van der Waals surface area contributed by atoms with E-state index in [2.05, 4.69) is 38.1 Å². The van der Waals surface area contributed by atoms with E-state index in [1.165, 1.54) is 22.3 Å². The second-order valence-electron chi connectivity index (χ2n) is 8.89. The van der Waals surface area contributed by atoms with E-state index in [0.29, 0.717) is 18.4 Å². The number of benzene rings is 2. The monoisotopic (exact) mass is 419 g/mol. The number of Topliss-reactive ketones (excluding diaryl/α,β-unsaturated/α-hetero) is 1. The van der Waals surface area contributed by atoms with Crippen LogP contribution in [0.1, 0.15) is 58.7 Å². The molecule has 4 heteroatoms. The second-order valence-corrected chi connectivity index (χ2v) is 8.89. The third kappa shape index (κ3) is 5.23. The number of nitrogens with zero attached hydrogens (tertiary/aromatic N) is 1. The Balaban J connectivity index is 1.74. The summed E-state index contributed by atoms with van der Waals surface area (Å²) in [7, 11) is 0. The molecule has 0 amide bonds. The van der Waals surface area contributed by atoms with Crippen LogP contribution in [0.5, 0.6) is 0 Å². The Morgan fingerprint density at radius 3 is 2.42 bits per heavy atom. The van der Waals surface area contributed by atoms with Crippen LogP contribution < -0.4 is 0 Å². The van der Waals surface area contributed by atoms with Crippen LogP contribution in [-0.4, -0.2) is 28.7 Å². The quantitative estimate of drug-likeness (QED) is 0.677. The molecule has 4 nitrogen and oxygen atoms in total. The first-order chi connectivity index (χ1) is 14.9. The lowest BCUT2D eigenvalue weighted by molar-refractivity contribution is -0.121. The van der Waals surface area contributed by atoms with E-state index in [1.54, 1.807) is 0 Å². The first-order valence-electron chi connectivity index (χ1n) is 11.3. The predicted molar refractivity (Wildman–Crippen MR) is 122 cm³/mol. The Morgan fingerprint density at radius 1 is 1.10 bits per heavy atom. The summed E-state index contributed by atoms with van der Waals surface area (Å²) in [6.07, 6.45) is 3.27. The average molecular weight is 420 g/mol. The van der Waals surface area contributed by atoms with Gasteiger partial charge in [-0.25, -0.2) is 0 Å². The number of hydrogen-bond donors (Lipinski definition) is 2. The van der Waals surface area contributed by atoms with Gasteiger partial charge >= 0.3 is 0 Å². The summed E-state index contributed by atoms with van der Waals surface area (Å²) < 4.78 is 0. The SMILES string of the molecule is CCc1cc(C[C@H]2C(O)CC(=O)[C@@H]2CCc2cc(C)c(CCO)c(C)c2)ccc1C#N. The molecule has 2 aromatic carbocycles. The van der Waals surface area contributed by atoms with Gasteiger partial charge in [0.05, 0.1) is 17.7 Å². The number of carbonyl (C=O) groups excluding carboxylic acids is 1. The minimum absolute atomic E-state index is 0.0824. The Morgan fingerprint density at radius 2 is 1.81 bits per heavy atom. The molecule has 0 radical (unpaired) electrons. The van der Waals surface area contributed by atoms with Crippen LogP contribution in [0, 0.1) is 37.0 Å². The fraction of sp³-hybridized carbons (Fsp3) is 0.481. The summed E-state index contributed by atoms with van der Waals surface area (Å²) >= 11 is 0. The van der Waals surface area contributed by atoms with Gasteiger partial charge < -0.3 is 10.2 Å². The van der Waals surface area contributed by atoms with E-state index < -0.39 is 6.10 Å². The minimum atomic E-state index is -0.603. The number of ketones is 1. The van der Waals surface area contributed by atoms with Gasteiger partial charge in [0.25, 0.3) is 0 Å². The van der Waals surface area contributed by atoms with Gasteiger partial charge in [-0.1, -0.05) is 31.2 Å². The van der Waals surface area contributed by atoms with E-state index in [0.717, 1.165) is 30.4 Å². The van der Waals surface area contributed by atoms with E-state index in [9.17, 15) is 20.3 Å². The third-order valence-corrected chi connectivity index (χ3v) is 6.84. The highest BCUT2D eigenvalue weighted by Crippen LogP contribution is 2.36. The molecule has 0 aliphatic heterocycles. The standard InChI is InChI=1S/C27H33NO3/c1-4-21-13-20(5-7-22(21)16-28)14-25-24(26(30)15-27(25)31)8-6-19-11-17(2)23(9-10-29)18(3)12-19/h5,7,11-13,24-25,27,29,31H,4,6,8-10,14-15H2,1-3H3/t24-,25-,27?/m1/s1. The second kappa shape index (κ2) is 10.2. The summed E-state index contributed by atoms with van der Waals surface area (Å²) in [5, 5.41) is 29.1.